The van der Waals surface area contributed by atoms with E-state index in [1.807, 2.05) is 33.8 Å². The van der Waals surface area contributed by atoms with Crippen LogP contribution in [0.2, 0.25) is 0 Å². The third-order valence-electron chi connectivity index (χ3n) is 4.84. The molecule has 0 radical (unpaired) electrons. The first-order chi connectivity index (χ1) is 13.8. The zero-order valence-corrected chi connectivity index (χ0v) is 20.4. The summed E-state index contributed by atoms with van der Waals surface area (Å²) >= 11 is 0. The van der Waals surface area contributed by atoms with Crippen LogP contribution in [0.25, 0.3) is 0 Å². The number of nitrogens with one attached hydrogen (secondary N) is 2. The number of guanidine groups is 1. The first kappa shape index (κ1) is 24.4. The number of aromatic nitrogens is 2. The van der Waals surface area contributed by atoms with Crippen LogP contribution in [0.15, 0.2) is 33.8 Å². The van der Waals surface area contributed by atoms with Gasteiger partial charge in [-0.3, -0.25) is 0 Å². The van der Waals surface area contributed by atoms with Crippen molar-refractivity contribution < 1.29 is 8.91 Å². The van der Waals surface area contributed by atoms with Crippen molar-refractivity contribution in [2.45, 2.75) is 58.5 Å². The molecule has 2 heterocycles. The second-order valence-corrected chi connectivity index (χ2v) is 8.35. The van der Waals surface area contributed by atoms with Crippen molar-refractivity contribution in [1.29, 1.82) is 0 Å². The molecule has 2 N–H and O–H groups in total. The number of rotatable bonds is 5. The molecule has 0 atom stereocenters. The van der Waals surface area contributed by atoms with Crippen molar-refractivity contribution in [1.82, 2.24) is 20.8 Å². The van der Waals surface area contributed by atoms with E-state index < -0.39 is 0 Å². The maximum atomic E-state index is 13.5. The second kappa shape index (κ2) is 10.9. The van der Waals surface area contributed by atoms with Gasteiger partial charge >= 0.3 is 0 Å². The van der Waals surface area contributed by atoms with Gasteiger partial charge < -0.3 is 20.1 Å². The van der Waals surface area contributed by atoms with Crippen molar-refractivity contribution >= 4 is 35.6 Å². The lowest BCUT2D eigenvalue weighted by atomic mass is 9.97. The molecular formula is C21H32FIN6O. The molecular weight excluding hydrogens is 498 g/mol. The fourth-order valence-corrected chi connectivity index (χ4v) is 3.24. The fraction of sp³-hybridized carbons (Fsp3) is 0.571. The molecule has 1 fully saturated rings. The van der Waals surface area contributed by atoms with E-state index >= 15 is 0 Å². The molecule has 1 aromatic heterocycles. The predicted molar refractivity (Wildman–Crippen MR) is 128 cm³/mol. The highest BCUT2D eigenvalue weighted by atomic mass is 127. The molecule has 0 bridgehead atoms. The summed E-state index contributed by atoms with van der Waals surface area (Å²) < 4.78 is 18.8. The minimum Gasteiger partial charge on any atom is -0.371 e. The fourth-order valence-electron chi connectivity index (χ4n) is 3.24. The summed E-state index contributed by atoms with van der Waals surface area (Å²) in [7, 11) is 0. The molecule has 1 aromatic carbocycles. The zero-order valence-electron chi connectivity index (χ0n) is 18.1. The highest BCUT2D eigenvalue weighted by Crippen LogP contribution is 2.21. The summed E-state index contributed by atoms with van der Waals surface area (Å²) in [5.74, 6) is 1.75. The largest absolute Gasteiger partial charge is 0.371 e. The Kier molecular flexibility index (Phi) is 8.87. The molecule has 0 unspecified atom stereocenters. The third-order valence-corrected chi connectivity index (χ3v) is 4.84. The van der Waals surface area contributed by atoms with Crippen LogP contribution in [-0.2, 0) is 12.0 Å². The van der Waals surface area contributed by atoms with Crippen LogP contribution in [0.4, 0.5) is 10.1 Å². The number of halogens is 2. The molecule has 30 heavy (non-hydrogen) atoms. The van der Waals surface area contributed by atoms with Gasteiger partial charge in [-0.15, -0.1) is 24.0 Å². The van der Waals surface area contributed by atoms with Gasteiger partial charge in [-0.05, 0) is 38.0 Å². The van der Waals surface area contributed by atoms with Crippen LogP contribution in [-0.4, -0.2) is 41.8 Å². The number of hydrogen-bond donors (Lipinski definition) is 2. The van der Waals surface area contributed by atoms with Crippen LogP contribution < -0.4 is 15.5 Å². The number of aliphatic imine (C=N–C) groups is 1. The molecule has 1 saturated heterocycles. The normalized spacial score (nSPS) is 15.6. The molecule has 0 aliphatic carbocycles. The molecule has 0 spiro atoms. The van der Waals surface area contributed by atoms with Crippen molar-refractivity contribution in [3.05, 3.63) is 41.8 Å². The summed E-state index contributed by atoms with van der Waals surface area (Å²) in [5.41, 5.74) is 0.767. The Morgan fingerprint density at radius 3 is 2.63 bits per heavy atom. The van der Waals surface area contributed by atoms with Gasteiger partial charge in [0.15, 0.2) is 11.8 Å². The summed E-state index contributed by atoms with van der Waals surface area (Å²) in [4.78, 5) is 11.3. The maximum Gasteiger partial charge on any atom is 0.232 e. The molecule has 1 aliphatic heterocycles. The Morgan fingerprint density at radius 1 is 1.30 bits per heavy atom. The van der Waals surface area contributed by atoms with Gasteiger partial charge in [-0.2, -0.15) is 4.98 Å². The van der Waals surface area contributed by atoms with E-state index in [2.05, 4.69) is 30.7 Å². The lowest BCUT2D eigenvalue weighted by molar-refractivity contribution is 0.318. The molecule has 1 aliphatic rings. The summed E-state index contributed by atoms with van der Waals surface area (Å²) in [6.07, 6.45) is 1.91. The van der Waals surface area contributed by atoms with Crippen LogP contribution in [0.3, 0.4) is 0 Å². The highest BCUT2D eigenvalue weighted by Gasteiger charge is 2.22. The van der Waals surface area contributed by atoms with E-state index in [9.17, 15) is 4.39 Å². The molecule has 0 saturated carbocycles. The summed E-state index contributed by atoms with van der Waals surface area (Å²) in [6, 6.07) is 7.10. The first-order valence-electron chi connectivity index (χ1n) is 10.2. The molecule has 3 rings (SSSR count). The molecule has 7 nitrogen and oxygen atoms in total. The Hall–Kier alpha value is -1.91. The van der Waals surface area contributed by atoms with Gasteiger partial charge in [0.1, 0.15) is 12.4 Å². The first-order valence-corrected chi connectivity index (χ1v) is 10.2. The van der Waals surface area contributed by atoms with E-state index in [1.165, 1.54) is 6.07 Å². The number of hydrogen-bond acceptors (Lipinski definition) is 5. The minimum absolute atomic E-state index is 0. The number of nitrogens with zero attached hydrogens (tertiary/aromatic N) is 4. The Labute approximate surface area is 194 Å². The van der Waals surface area contributed by atoms with Gasteiger partial charge in [0, 0.05) is 36.8 Å². The minimum atomic E-state index is -0.194. The lowest BCUT2D eigenvalue weighted by Crippen LogP contribution is -2.48. The van der Waals surface area contributed by atoms with E-state index in [1.54, 1.807) is 12.1 Å². The summed E-state index contributed by atoms with van der Waals surface area (Å²) in [6.45, 7) is 11.0. The van der Waals surface area contributed by atoms with E-state index in [4.69, 9.17) is 4.52 Å². The average molecular weight is 530 g/mol. The highest BCUT2D eigenvalue weighted by molar-refractivity contribution is 14.0. The van der Waals surface area contributed by atoms with Crippen molar-refractivity contribution in [3.63, 3.8) is 0 Å². The topological polar surface area (TPSA) is 78.6 Å². The van der Waals surface area contributed by atoms with Gasteiger partial charge in [-0.1, -0.05) is 32.0 Å². The quantitative estimate of drug-likeness (QED) is 0.348. The Balaban J connectivity index is 0.00000320. The number of piperidine rings is 1. The Bertz CT molecular complexity index is 827. The van der Waals surface area contributed by atoms with Gasteiger partial charge in [0.2, 0.25) is 5.89 Å². The SMILES string of the molecule is CCNC(=NCc1noc(C(C)(C)C)n1)NC1CCN(c2cccc(F)c2)CC1.I. The van der Waals surface area contributed by atoms with E-state index in [-0.39, 0.29) is 35.2 Å². The molecule has 2 aromatic rings. The van der Waals surface area contributed by atoms with Crippen LogP contribution in [0.1, 0.15) is 52.3 Å². The van der Waals surface area contributed by atoms with Gasteiger partial charge in [0.25, 0.3) is 0 Å². The smallest absolute Gasteiger partial charge is 0.232 e. The standard InChI is InChI=1S/C21H31FN6O.HI/c1-5-23-20(24-14-18-26-19(29-27-18)21(2,3)4)25-16-9-11-28(12-10-16)17-8-6-7-15(22)13-17;/h6-8,13,16H,5,9-12,14H2,1-4H3,(H2,23,24,25);1H. The molecule has 166 valence electrons. The third kappa shape index (κ3) is 6.82. The van der Waals surface area contributed by atoms with Gasteiger partial charge in [-0.25, -0.2) is 9.38 Å². The number of anilines is 1. The monoisotopic (exact) mass is 530 g/mol. The molecule has 0 amide bonds. The van der Waals surface area contributed by atoms with Crippen molar-refractivity contribution in [2.24, 2.45) is 4.99 Å². The lowest BCUT2D eigenvalue weighted by Gasteiger charge is -2.34. The van der Waals surface area contributed by atoms with Crippen molar-refractivity contribution in [3.8, 4) is 0 Å². The number of benzene rings is 1. The summed E-state index contributed by atoms with van der Waals surface area (Å²) in [5, 5.41) is 10.8. The van der Waals surface area contributed by atoms with Crippen molar-refractivity contribution in [2.75, 3.05) is 24.5 Å². The van der Waals surface area contributed by atoms with E-state index in [0.717, 1.165) is 44.1 Å². The second-order valence-electron chi connectivity index (χ2n) is 8.35. The van der Waals surface area contributed by atoms with Crippen LogP contribution >= 0.6 is 24.0 Å². The average Bonchev–Trinajstić information content (AvgIpc) is 3.16. The van der Waals surface area contributed by atoms with Gasteiger partial charge in [0.05, 0.1) is 0 Å². The van der Waals surface area contributed by atoms with Crippen LogP contribution in [0, 0.1) is 5.82 Å². The predicted octanol–water partition coefficient (Wildman–Crippen LogP) is 3.85. The molecule has 9 heteroatoms. The van der Waals surface area contributed by atoms with Crippen LogP contribution in [0.5, 0.6) is 0 Å². The Morgan fingerprint density at radius 2 is 2.03 bits per heavy atom. The maximum absolute atomic E-state index is 13.5. The van der Waals surface area contributed by atoms with E-state index in [0.29, 0.717) is 24.3 Å². The zero-order chi connectivity index (χ0) is 20.9.